The first-order chi connectivity index (χ1) is 21.1. The number of benzene rings is 1. The summed E-state index contributed by atoms with van der Waals surface area (Å²) in [5.74, 6) is 0.410. The molecule has 11 nitrogen and oxygen atoms in total. The van der Waals surface area contributed by atoms with Crippen molar-refractivity contribution in [2.24, 2.45) is 0 Å². The van der Waals surface area contributed by atoms with E-state index >= 15 is 0 Å². The molecular formula is C33H47N5O6. The molecule has 0 radical (unpaired) electrons. The Morgan fingerprint density at radius 1 is 0.886 bits per heavy atom. The minimum Gasteiger partial charge on any atom is -0.444 e. The van der Waals surface area contributed by atoms with Crippen LogP contribution in [0.1, 0.15) is 58.9 Å². The Balaban J connectivity index is 0.00000216. The molecule has 240 valence electrons. The van der Waals surface area contributed by atoms with Crippen LogP contribution in [0.2, 0.25) is 0 Å². The number of carbonyl (C=O) groups is 2. The van der Waals surface area contributed by atoms with Gasteiger partial charge in [0, 0.05) is 57.2 Å². The van der Waals surface area contributed by atoms with Crippen LogP contribution in [0.5, 0.6) is 0 Å². The van der Waals surface area contributed by atoms with Crippen LogP contribution in [0, 0.1) is 0 Å². The van der Waals surface area contributed by atoms with E-state index in [4.69, 9.17) is 9.47 Å². The number of hydrogen-bond acceptors (Lipinski definition) is 8. The molecule has 1 aromatic carbocycles. The molecule has 0 unspecified atom stereocenters. The fourth-order valence-electron chi connectivity index (χ4n) is 5.57. The molecule has 44 heavy (non-hydrogen) atoms. The van der Waals surface area contributed by atoms with Gasteiger partial charge in [0.25, 0.3) is 0 Å². The fraction of sp³-hybridized carbons (Fsp3) is 0.545. The van der Waals surface area contributed by atoms with E-state index in [2.05, 4.69) is 40.3 Å². The Hall–Kier alpha value is -3.83. The number of ether oxygens (including phenoxy) is 2. The van der Waals surface area contributed by atoms with Crippen LogP contribution in [0.3, 0.4) is 0 Å². The molecule has 2 N–H and O–H groups in total. The normalized spacial score (nSPS) is 16.1. The number of piperidine rings is 1. The smallest absolute Gasteiger partial charge is 0.410 e. The molecule has 2 aromatic heterocycles. The summed E-state index contributed by atoms with van der Waals surface area (Å²) in [4.78, 5) is 30.4. The number of rotatable bonds is 6. The molecule has 2 aliphatic heterocycles. The molecule has 5 rings (SSSR count). The van der Waals surface area contributed by atoms with Crippen LogP contribution in [0.25, 0.3) is 16.6 Å². The lowest BCUT2D eigenvalue weighted by atomic mass is 9.89. The molecule has 4 heterocycles. The number of amides is 2. The van der Waals surface area contributed by atoms with Crippen LogP contribution in [0.4, 0.5) is 15.3 Å². The highest BCUT2D eigenvalue weighted by Gasteiger charge is 2.28. The van der Waals surface area contributed by atoms with Crippen LogP contribution in [-0.4, -0.2) is 106 Å². The highest BCUT2D eigenvalue weighted by molar-refractivity contribution is 5.80. The molecule has 2 fully saturated rings. The number of carbonyl (C=O) groups excluding carboxylic acids is 2. The van der Waals surface area contributed by atoms with Crippen molar-refractivity contribution < 1.29 is 29.3 Å². The molecule has 2 saturated heterocycles. The Morgan fingerprint density at radius 2 is 1.50 bits per heavy atom. The lowest BCUT2D eigenvalue weighted by Crippen LogP contribution is -2.50. The summed E-state index contributed by atoms with van der Waals surface area (Å²) in [6.45, 7) is 12.4. The highest BCUT2D eigenvalue weighted by Crippen LogP contribution is 2.32. The zero-order valence-electron chi connectivity index (χ0n) is 26.6. The van der Waals surface area contributed by atoms with Gasteiger partial charge in [0.15, 0.2) is 0 Å². The van der Waals surface area contributed by atoms with Gasteiger partial charge in [-0.3, -0.25) is 0 Å². The van der Waals surface area contributed by atoms with Gasteiger partial charge in [-0.2, -0.15) is 5.10 Å². The van der Waals surface area contributed by atoms with Gasteiger partial charge >= 0.3 is 12.2 Å². The second-order valence-electron chi connectivity index (χ2n) is 12.0. The van der Waals surface area contributed by atoms with E-state index in [1.165, 1.54) is 5.56 Å². The van der Waals surface area contributed by atoms with Gasteiger partial charge in [-0.1, -0.05) is 38.1 Å². The molecule has 3 aromatic rings. The lowest BCUT2D eigenvalue weighted by Gasteiger charge is -2.36. The van der Waals surface area contributed by atoms with Crippen molar-refractivity contribution >= 4 is 23.4 Å². The van der Waals surface area contributed by atoms with Crippen molar-refractivity contribution in [3.63, 3.8) is 0 Å². The number of nitrogens with zero attached hydrogens (tertiary/aromatic N) is 5. The number of fused-ring (bicyclic) bond motifs is 1. The van der Waals surface area contributed by atoms with Crippen LogP contribution in [0.15, 0.2) is 48.8 Å². The van der Waals surface area contributed by atoms with Crippen molar-refractivity contribution in [1.82, 2.24) is 19.4 Å². The molecule has 0 spiro atoms. The Labute approximate surface area is 260 Å². The quantitative estimate of drug-likeness (QED) is 0.411. The third-order valence-corrected chi connectivity index (χ3v) is 7.90. The van der Waals surface area contributed by atoms with E-state index in [-0.39, 0.29) is 6.09 Å². The average molecular weight is 610 g/mol. The molecule has 0 aliphatic carbocycles. The second-order valence-corrected chi connectivity index (χ2v) is 12.0. The molecule has 2 aliphatic rings. The molecule has 2 amide bonds. The van der Waals surface area contributed by atoms with Gasteiger partial charge in [0.2, 0.25) is 0 Å². The van der Waals surface area contributed by atoms with Crippen molar-refractivity contribution in [3.05, 3.63) is 54.4 Å². The predicted molar refractivity (Wildman–Crippen MR) is 170 cm³/mol. The Morgan fingerprint density at radius 3 is 2.09 bits per heavy atom. The first kappa shape index (κ1) is 33.1. The molecule has 0 saturated carbocycles. The summed E-state index contributed by atoms with van der Waals surface area (Å²) in [5, 5.41) is 22.9. The minimum absolute atomic E-state index is 0.233. The van der Waals surface area contributed by atoms with Crippen molar-refractivity contribution in [2.75, 3.05) is 57.4 Å². The van der Waals surface area contributed by atoms with Gasteiger partial charge in [-0.25, -0.2) is 14.1 Å². The Bertz CT molecular complexity index is 1370. The number of anilines is 1. The van der Waals surface area contributed by atoms with Crippen LogP contribution >= 0.6 is 0 Å². The van der Waals surface area contributed by atoms with E-state index in [9.17, 15) is 19.8 Å². The maximum Gasteiger partial charge on any atom is 0.410 e. The third kappa shape index (κ3) is 8.00. The van der Waals surface area contributed by atoms with Crippen LogP contribution < -0.4 is 4.90 Å². The summed E-state index contributed by atoms with van der Waals surface area (Å²) in [7, 11) is 0. The average Bonchev–Trinajstić information content (AvgIpc) is 3.49. The lowest BCUT2D eigenvalue weighted by molar-refractivity contribution is 0.00415. The maximum atomic E-state index is 12.4. The predicted octanol–water partition coefficient (Wildman–Crippen LogP) is 4.75. The minimum atomic E-state index is -0.902. The molecule has 11 heteroatoms. The number of hydrogen-bond donors (Lipinski definition) is 2. The van der Waals surface area contributed by atoms with E-state index in [0.29, 0.717) is 45.2 Å². The van der Waals surface area contributed by atoms with Gasteiger partial charge in [-0.15, -0.1) is 0 Å². The van der Waals surface area contributed by atoms with Crippen molar-refractivity contribution in [1.29, 1.82) is 0 Å². The van der Waals surface area contributed by atoms with E-state index in [0.717, 1.165) is 35.2 Å². The fourth-order valence-corrected chi connectivity index (χ4v) is 5.57. The maximum absolute atomic E-state index is 12.4. The summed E-state index contributed by atoms with van der Waals surface area (Å²) in [6.07, 6.45) is 3.98. The third-order valence-electron chi connectivity index (χ3n) is 7.90. The van der Waals surface area contributed by atoms with E-state index in [1.807, 2.05) is 56.3 Å². The first-order valence-electron chi connectivity index (χ1n) is 15.6. The monoisotopic (exact) mass is 609 g/mol. The second kappa shape index (κ2) is 14.8. The summed E-state index contributed by atoms with van der Waals surface area (Å²) >= 11 is 0. The van der Waals surface area contributed by atoms with Gasteiger partial charge in [-0.05, 0) is 62.8 Å². The molecular weight excluding hydrogens is 562 g/mol. The summed E-state index contributed by atoms with van der Waals surface area (Å²) < 4.78 is 12.6. The Kier molecular flexibility index (Phi) is 11.1. The van der Waals surface area contributed by atoms with Gasteiger partial charge in [0.1, 0.15) is 11.7 Å². The summed E-state index contributed by atoms with van der Waals surface area (Å²) in [6, 6.07) is 12.8. The van der Waals surface area contributed by atoms with Gasteiger partial charge < -0.3 is 34.4 Å². The zero-order valence-corrected chi connectivity index (χ0v) is 26.6. The number of likely N-dealkylation sites (tertiary alicyclic amines) is 1. The number of aliphatic hydroxyl groups excluding tert-OH is 2. The number of piperazine rings is 1. The molecule has 0 atom stereocenters. The van der Waals surface area contributed by atoms with E-state index < -0.39 is 31.0 Å². The summed E-state index contributed by atoms with van der Waals surface area (Å²) in [5.41, 5.74) is 5.01. The van der Waals surface area contributed by atoms with Crippen molar-refractivity contribution in [3.8, 4) is 11.1 Å². The first-order valence-corrected chi connectivity index (χ1v) is 15.6. The van der Waals surface area contributed by atoms with E-state index in [1.54, 1.807) is 11.1 Å². The number of aliphatic hydroxyl groups is 2. The highest BCUT2D eigenvalue weighted by atomic mass is 16.6. The zero-order chi connectivity index (χ0) is 31.9. The van der Waals surface area contributed by atoms with Gasteiger partial charge in [0.05, 0.1) is 24.4 Å². The largest absolute Gasteiger partial charge is 0.444 e. The van der Waals surface area contributed by atoms with Crippen molar-refractivity contribution in [2.45, 2.75) is 65.1 Å². The topological polar surface area (TPSA) is 120 Å². The number of aromatic nitrogens is 2. The molecule has 0 bridgehead atoms. The van der Waals surface area contributed by atoms with Crippen LogP contribution in [-0.2, 0) is 9.47 Å². The SMILES string of the molecule is CC.CC(C)(C)OC(=O)N1CCC(c2ccc(-c3cc4c(N5CCN(C(=O)OC(CO)CO)CC5)ccnn4c3)cc2)CC1. The standard InChI is InChI=1S/C31H41N5O6.C2H6/c1-31(2,3)42-30(40)34-12-9-24(10-13-34)22-4-6-23(7-5-22)25-18-28-27(8-11-32-36(28)19-25)33-14-16-35(17-15-33)29(39)41-26(20-37)21-38;1-2/h4-8,11,18-19,24,26,37-38H,9-10,12-17,20-21H2,1-3H3;1-2H3.